The van der Waals surface area contributed by atoms with Crippen LogP contribution in [0, 0.1) is 13.8 Å². The zero-order valence-corrected chi connectivity index (χ0v) is 17.0. The van der Waals surface area contributed by atoms with Gasteiger partial charge in [0.25, 0.3) is 5.56 Å². The molecule has 5 nitrogen and oxygen atoms in total. The van der Waals surface area contributed by atoms with Gasteiger partial charge in [-0.3, -0.25) is 4.79 Å². The average Bonchev–Trinajstić information content (AvgIpc) is 2.63. The summed E-state index contributed by atoms with van der Waals surface area (Å²) >= 11 is 11.6. The van der Waals surface area contributed by atoms with E-state index in [1.807, 2.05) is 24.0 Å². The molecule has 0 spiro atoms. The normalized spacial score (nSPS) is 10.8. The molecule has 0 aliphatic rings. The molecule has 0 unspecified atom stereocenters. The van der Waals surface area contributed by atoms with Crippen LogP contribution in [-0.2, 0) is 6.54 Å². The van der Waals surface area contributed by atoms with E-state index < -0.39 is 0 Å². The van der Waals surface area contributed by atoms with E-state index in [2.05, 4.69) is 35.2 Å². The van der Waals surface area contributed by atoms with Gasteiger partial charge in [0.2, 0.25) is 0 Å². The highest BCUT2D eigenvalue weighted by atomic mass is 35.5. The van der Waals surface area contributed by atoms with Gasteiger partial charge in [-0.1, -0.05) is 23.7 Å². The van der Waals surface area contributed by atoms with Crippen LogP contribution >= 0.6 is 23.8 Å². The molecule has 0 amide bonds. The molecule has 0 atom stereocenters. The average molecular weight is 401 g/mol. The number of benzene rings is 2. The zero-order valence-electron chi connectivity index (χ0n) is 15.5. The van der Waals surface area contributed by atoms with Crippen molar-refractivity contribution in [2.45, 2.75) is 27.3 Å². The third kappa shape index (κ3) is 4.28. The van der Waals surface area contributed by atoms with Gasteiger partial charge in [0, 0.05) is 17.3 Å². The number of aromatic amines is 1. The monoisotopic (exact) mass is 400 g/mol. The van der Waals surface area contributed by atoms with Crippen molar-refractivity contribution in [2.75, 3.05) is 11.9 Å². The zero-order chi connectivity index (χ0) is 19.6. The van der Waals surface area contributed by atoms with Gasteiger partial charge in [-0.2, -0.15) is 0 Å². The van der Waals surface area contributed by atoms with Gasteiger partial charge in [0.1, 0.15) is 5.82 Å². The number of halogens is 1. The third-order valence-electron chi connectivity index (χ3n) is 4.57. The molecule has 3 rings (SSSR count). The highest BCUT2D eigenvalue weighted by Gasteiger charge is 2.13. The fraction of sp³-hybridized carbons (Fsp3) is 0.250. The topological polar surface area (TPSA) is 61.0 Å². The second-order valence-electron chi connectivity index (χ2n) is 6.37. The summed E-state index contributed by atoms with van der Waals surface area (Å²) in [6.07, 6.45) is 0. The lowest BCUT2D eigenvalue weighted by Gasteiger charge is -2.24. The third-order valence-corrected chi connectivity index (χ3v) is 5.17. The molecule has 3 aromatic rings. The maximum absolute atomic E-state index is 12.3. The number of aromatic nitrogens is 2. The van der Waals surface area contributed by atoms with Crippen LogP contribution in [-0.4, -0.2) is 26.5 Å². The molecule has 0 radical (unpaired) electrons. The molecule has 1 heterocycles. The van der Waals surface area contributed by atoms with Gasteiger partial charge in [0.05, 0.1) is 17.4 Å². The number of fused-ring (bicyclic) bond motifs is 1. The minimum absolute atomic E-state index is 0.184. The number of H-pyrrole nitrogens is 1. The lowest BCUT2D eigenvalue weighted by Crippen LogP contribution is -2.35. The van der Waals surface area contributed by atoms with E-state index in [0.29, 0.717) is 40.0 Å². The summed E-state index contributed by atoms with van der Waals surface area (Å²) in [5.41, 5.74) is 3.72. The minimum atomic E-state index is -0.184. The molecule has 2 aromatic carbocycles. The van der Waals surface area contributed by atoms with Crippen molar-refractivity contribution < 1.29 is 0 Å². The maximum Gasteiger partial charge on any atom is 0.258 e. The molecular weight excluding hydrogens is 380 g/mol. The van der Waals surface area contributed by atoms with Crippen molar-refractivity contribution in [3.8, 4) is 0 Å². The summed E-state index contributed by atoms with van der Waals surface area (Å²) < 4.78 is 0. The van der Waals surface area contributed by atoms with E-state index in [0.717, 1.165) is 11.3 Å². The maximum atomic E-state index is 12.3. The Morgan fingerprint density at radius 1 is 1.30 bits per heavy atom. The lowest BCUT2D eigenvalue weighted by molar-refractivity contribution is 0.429. The Labute approximate surface area is 168 Å². The Morgan fingerprint density at radius 2 is 2.07 bits per heavy atom. The number of rotatable bonds is 4. The number of anilines is 1. The predicted octanol–water partition coefficient (Wildman–Crippen LogP) is 4.41. The number of hydrogen-bond acceptors (Lipinski definition) is 3. The van der Waals surface area contributed by atoms with Crippen molar-refractivity contribution in [1.82, 2.24) is 14.9 Å². The van der Waals surface area contributed by atoms with E-state index in [1.165, 1.54) is 5.56 Å². The van der Waals surface area contributed by atoms with Crippen molar-refractivity contribution in [3.63, 3.8) is 0 Å². The summed E-state index contributed by atoms with van der Waals surface area (Å²) in [6, 6.07) is 11.1. The number of nitrogens with one attached hydrogen (secondary N) is 2. The Kier molecular flexibility index (Phi) is 5.77. The first-order valence-electron chi connectivity index (χ1n) is 8.69. The van der Waals surface area contributed by atoms with Gasteiger partial charge in [-0.15, -0.1) is 0 Å². The summed E-state index contributed by atoms with van der Waals surface area (Å²) in [5.74, 6) is 0.543. The number of thiocarbonyl (C=S) groups is 1. The molecule has 0 saturated carbocycles. The standard InChI is InChI=1S/C20H21ClN4OS/c1-4-25(20(27)23-16-7-5-6-12(2)13(16)3)11-18-22-17-10-14(21)8-9-15(17)19(26)24-18/h5-10H,4,11H2,1-3H3,(H,23,27)(H,22,24,26). The molecule has 0 aliphatic carbocycles. The smallest absolute Gasteiger partial charge is 0.258 e. The van der Waals surface area contributed by atoms with Gasteiger partial charge in [-0.05, 0) is 68.4 Å². The molecule has 7 heteroatoms. The molecule has 0 saturated heterocycles. The van der Waals surface area contributed by atoms with Crippen LogP contribution in [0.4, 0.5) is 5.69 Å². The number of aryl methyl sites for hydroxylation is 1. The summed E-state index contributed by atoms with van der Waals surface area (Å²) in [6.45, 7) is 7.20. The highest BCUT2D eigenvalue weighted by molar-refractivity contribution is 7.80. The van der Waals surface area contributed by atoms with Crippen LogP contribution < -0.4 is 10.9 Å². The Balaban J connectivity index is 1.84. The lowest BCUT2D eigenvalue weighted by atomic mass is 10.1. The summed E-state index contributed by atoms with van der Waals surface area (Å²) in [7, 11) is 0. The van der Waals surface area contributed by atoms with Crippen LogP contribution in [0.5, 0.6) is 0 Å². The van der Waals surface area contributed by atoms with Gasteiger partial charge < -0.3 is 15.2 Å². The molecule has 0 aliphatic heterocycles. The van der Waals surface area contributed by atoms with Crippen LogP contribution in [0.1, 0.15) is 23.9 Å². The molecule has 2 N–H and O–H groups in total. The largest absolute Gasteiger partial charge is 0.342 e. The van der Waals surface area contributed by atoms with E-state index in [1.54, 1.807) is 18.2 Å². The molecule has 1 aromatic heterocycles. The Morgan fingerprint density at radius 3 is 2.81 bits per heavy atom. The van der Waals surface area contributed by atoms with Crippen LogP contribution in [0.2, 0.25) is 5.02 Å². The Bertz CT molecular complexity index is 1060. The van der Waals surface area contributed by atoms with Gasteiger partial charge in [0.15, 0.2) is 5.11 Å². The van der Waals surface area contributed by atoms with Crippen LogP contribution in [0.15, 0.2) is 41.2 Å². The van der Waals surface area contributed by atoms with E-state index in [-0.39, 0.29) is 5.56 Å². The van der Waals surface area contributed by atoms with Gasteiger partial charge in [-0.25, -0.2) is 4.98 Å². The molecule has 0 bridgehead atoms. The van der Waals surface area contributed by atoms with Crippen molar-refractivity contribution in [1.29, 1.82) is 0 Å². The van der Waals surface area contributed by atoms with E-state index in [4.69, 9.17) is 23.8 Å². The summed E-state index contributed by atoms with van der Waals surface area (Å²) in [4.78, 5) is 21.6. The van der Waals surface area contributed by atoms with Crippen LogP contribution in [0.25, 0.3) is 10.9 Å². The molecule has 0 fully saturated rings. The molecule has 140 valence electrons. The highest BCUT2D eigenvalue weighted by Crippen LogP contribution is 2.19. The van der Waals surface area contributed by atoms with Crippen molar-refractivity contribution >= 4 is 45.5 Å². The second kappa shape index (κ2) is 8.06. The molecular formula is C20H21ClN4OS. The minimum Gasteiger partial charge on any atom is -0.342 e. The molecule has 27 heavy (non-hydrogen) atoms. The number of nitrogens with zero attached hydrogens (tertiary/aromatic N) is 2. The van der Waals surface area contributed by atoms with Crippen molar-refractivity contribution in [3.05, 3.63) is 68.7 Å². The first-order chi connectivity index (χ1) is 12.9. The summed E-state index contributed by atoms with van der Waals surface area (Å²) in [5, 5.41) is 4.95. The number of hydrogen-bond donors (Lipinski definition) is 2. The van der Waals surface area contributed by atoms with E-state index >= 15 is 0 Å². The first kappa shape index (κ1) is 19.3. The Hall–Kier alpha value is -2.44. The first-order valence-corrected chi connectivity index (χ1v) is 9.48. The van der Waals surface area contributed by atoms with E-state index in [9.17, 15) is 4.79 Å². The SMILES string of the molecule is CCN(Cc1nc2cc(Cl)ccc2c(=O)[nH]1)C(=S)Nc1cccc(C)c1C. The van der Waals surface area contributed by atoms with Gasteiger partial charge >= 0.3 is 0 Å². The second-order valence-corrected chi connectivity index (χ2v) is 7.19. The quantitative estimate of drug-likeness (QED) is 0.635. The fourth-order valence-electron chi connectivity index (χ4n) is 2.82. The van der Waals surface area contributed by atoms with Crippen molar-refractivity contribution in [2.24, 2.45) is 0 Å². The fourth-order valence-corrected chi connectivity index (χ4v) is 3.29. The predicted molar refractivity (Wildman–Crippen MR) is 116 cm³/mol. The van der Waals surface area contributed by atoms with Crippen LogP contribution in [0.3, 0.4) is 0 Å².